The summed E-state index contributed by atoms with van der Waals surface area (Å²) in [5.74, 6) is 0.536. The smallest absolute Gasteiger partial charge is 0.492 e. The lowest BCUT2D eigenvalue weighted by molar-refractivity contribution is 0.340. The number of fused-ring (bicyclic) bond motifs is 3. The molecule has 0 spiro atoms. The van der Waals surface area contributed by atoms with Crippen molar-refractivity contribution in [3.8, 4) is 28.0 Å². The summed E-state index contributed by atoms with van der Waals surface area (Å²) in [4.78, 5) is 0. The molecule has 0 atom stereocenters. The van der Waals surface area contributed by atoms with Gasteiger partial charge in [0.25, 0.3) is 0 Å². The highest BCUT2D eigenvalue weighted by atomic mass is 16.5. The molecule has 0 unspecified atom stereocenters. The van der Waals surface area contributed by atoms with Crippen LogP contribution in [0.3, 0.4) is 0 Å². The van der Waals surface area contributed by atoms with Crippen molar-refractivity contribution in [3.63, 3.8) is 0 Å². The number of rotatable bonds is 3. The van der Waals surface area contributed by atoms with E-state index in [9.17, 15) is 10.0 Å². The topological polar surface area (TPSA) is 49.7 Å². The van der Waals surface area contributed by atoms with E-state index in [1.165, 1.54) is 5.56 Å². The van der Waals surface area contributed by atoms with Crippen molar-refractivity contribution in [2.45, 2.75) is 6.92 Å². The molecule has 0 saturated heterocycles. The van der Waals surface area contributed by atoms with Crippen LogP contribution in [0.4, 0.5) is 0 Å². The van der Waals surface area contributed by atoms with Crippen molar-refractivity contribution >= 4 is 23.4 Å². The van der Waals surface area contributed by atoms with Gasteiger partial charge in [0.15, 0.2) is 0 Å². The lowest BCUT2D eigenvalue weighted by Crippen LogP contribution is -2.32. The Balaban J connectivity index is 2.16. The van der Waals surface area contributed by atoms with Crippen LogP contribution in [0.15, 0.2) is 48.5 Å². The average molecular weight is 290 g/mol. The third-order valence-electron chi connectivity index (χ3n) is 4.23. The number of ether oxygens (including phenoxy) is 1. The van der Waals surface area contributed by atoms with Crippen molar-refractivity contribution in [2.75, 3.05) is 6.61 Å². The maximum absolute atomic E-state index is 9.82. The lowest BCUT2D eigenvalue weighted by atomic mass is 9.75. The molecule has 3 aromatic carbocycles. The predicted molar refractivity (Wildman–Crippen MR) is 89.4 cm³/mol. The van der Waals surface area contributed by atoms with Gasteiger partial charge >= 0.3 is 7.12 Å². The van der Waals surface area contributed by atoms with Crippen LogP contribution in [0.5, 0.6) is 5.75 Å². The monoisotopic (exact) mass is 290 g/mol. The standard InChI is InChI=1S/C18H15BO3/c1-2-22-16-10-15-12-7-4-3-6-11(12)13-8-5-9-14(17(13)15)18(16)19(20)21/h3-10,20-21H,2H2,1H3. The molecule has 0 bridgehead atoms. The van der Waals surface area contributed by atoms with Gasteiger partial charge in [-0.3, -0.25) is 0 Å². The molecule has 2 N–H and O–H groups in total. The normalized spacial score (nSPS) is 11.6. The van der Waals surface area contributed by atoms with Crippen molar-refractivity contribution < 1.29 is 14.8 Å². The second-order valence-corrected chi connectivity index (χ2v) is 5.42. The molecule has 3 nitrogen and oxygen atoms in total. The van der Waals surface area contributed by atoms with Gasteiger partial charge in [0.05, 0.1) is 6.61 Å². The van der Waals surface area contributed by atoms with E-state index in [0.29, 0.717) is 17.8 Å². The number of hydrogen-bond acceptors (Lipinski definition) is 3. The Bertz CT molecular complexity index is 887. The molecule has 0 radical (unpaired) electrons. The summed E-state index contributed by atoms with van der Waals surface area (Å²) < 4.78 is 5.67. The molecule has 1 aliphatic carbocycles. The van der Waals surface area contributed by atoms with Gasteiger partial charge in [-0.1, -0.05) is 42.5 Å². The predicted octanol–water partition coefficient (Wildman–Crippen LogP) is 2.57. The van der Waals surface area contributed by atoms with Crippen LogP contribution in [-0.4, -0.2) is 23.8 Å². The van der Waals surface area contributed by atoms with Gasteiger partial charge in [0.1, 0.15) is 5.75 Å². The van der Waals surface area contributed by atoms with E-state index in [0.717, 1.165) is 27.5 Å². The van der Waals surface area contributed by atoms with Gasteiger partial charge in [-0.25, -0.2) is 0 Å². The first kappa shape index (κ1) is 13.4. The third-order valence-corrected chi connectivity index (χ3v) is 4.23. The maximum Gasteiger partial charge on any atom is 0.492 e. The largest absolute Gasteiger partial charge is 0.494 e. The molecule has 3 aromatic rings. The minimum Gasteiger partial charge on any atom is -0.494 e. The fraction of sp³-hybridized carbons (Fsp3) is 0.111. The molecule has 0 heterocycles. The quantitative estimate of drug-likeness (QED) is 0.570. The highest BCUT2D eigenvalue weighted by molar-refractivity contribution is 6.63. The van der Waals surface area contributed by atoms with E-state index in [1.807, 2.05) is 37.3 Å². The molecule has 22 heavy (non-hydrogen) atoms. The summed E-state index contributed by atoms with van der Waals surface area (Å²) in [7, 11) is -1.56. The van der Waals surface area contributed by atoms with Crippen LogP contribution < -0.4 is 10.2 Å². The Hall–Kier alpha value is -2.30. The van der Waals surface area contributed by atoms with Gasteiger partial charge in [-0.15, -0.1) is 0 Å². The first-order valence-electron chi connectivity index (χ1n) is 7.40. The van der Waals surface area contributed by atoms with Crippen LogP contribution in [-0.2, 0) is 0 Å². The van der Waals surface area contributed by atoms with Crippen molar-refractivity contribution in [3.05, 3.63) is 48.5 Å². The average Bonchev–Trinajstić information content (AvgIpc) is 2.84. The fourth-order valence-corrected chi connectivity index (χ4v) is 3.41. The van der Waals surface area contributed by atoms with Gasteiger partial charge in [0, 0.05) is 5.46 Å². The third kappa shape index (κ3) is 1.71. The van der Waals surface area contributed by atoms with Crippen LogP contribution in [0.2, 0.25) is 0 Å². The van der Waals surface area contributed by atoms with Crippen LogP contribution in [0.1, 0.15) is 6.92 Å². The van der Waals surface area contributed by atoms with Crippen molar-refractivity contribution in [2.24, 2.45) is 0 Å². The molecule has 4 rings (SSSR count). The molecule has 108 valence electrons. The summed E-state index contributed by atoms with van der Waals surface area (Å²) in [6, 6.07) is 16.1. The summed E-state index contributed by atoms with van der Waals surface area (Å²) in [5.41, 5.74) is 5.00. The Kier molecular flexibility index (Phi) is 2.96. The van der Waals surface area contributed by atoms with E-state index in [2.05, 4.69) is 18.2 Å². The first-order valence-corrected chi connectivity index (χ1v) is 7.40. The Labute approximate surface area is 128 Å². The molecule has 4 heteroatoms. The molecule has 0 aliphatic heterocycles. The zero-order chi connectivity index (χ0) is 15.3. The molecule has 0 saturated carbocycles. The lowest BCUT2D eigenvalue weighted by Gasteiger charge is -2.15. The first-order chi connectivity index (χ1) is 10.7. The van der Waals surface area contributed by atoms with E-state index in [-0.39, 0.29) is 0 Å². The molecular formula is C18H15BO3. The number of benzene rings is 3. The zero-order valence-electron chi connectivity index (χ0n) is 12.2. The molecule has 0 amide bonds. The number of hydrogen-bond donors (Lipinski definition) is 2. The van der Waals surface area contributed by atoms with E-state index in [1.54, 1.807) is 0 Å². The fourth-order valence-electron chi connectivity index (χ4n) is 3.41. The van der Waals surface area contributed by atoms with Crippen LogP contribution in [0, 0.1) is 0 Å². The van der Waals surface area contributed by atoms with E-state index < -0.39 is 7.12 Å². The van der Waals surface area contributed by atoms with Crippen LogP contribution in [0.25, 0.3) is 33.0 Å². The zero-order valence-corrected chi connectivity index (χ0v) is 12.2. The minimum absolute atomic E-state index is 0.440. The highest BCUT2D eigenvalue weighted by Crippen LogP contribution is 2.47. The van der Waals surface area contributed by atoms with E-state index in [4.69, 9.17) is 4.74 Å². The van der Waals surface area contributed by atoms with Gasteiger partial charge in [-0.05, 0) is 46.0 Å². The highest BCUT2D eigenvalue weighted by Gasteiger charge is 2.28. The second kappa shape index (κ2) is 4.87. The summed E-state index contributed by atoms with van der Waals surface area (Å²) in [6.45, 7) is 2.37. The van der Waals surface area contributed by atoms with Gasteiger partial charge < -0.3 is 14.8 Å². The second-order valence-electron chi connectivity index (χ2n) is 5.42. The Morgan fingerprint density at radius 3 is 2.27 bits per heavy atom. The summed E-state index contributed by atoms with van der Waals surface area (Å²) in [6.07, 6.45) is 0. The summed E-state index contributed by atoms with van der Waals surface area (Å²) in [5, 5.41) is 21.6. The Morgan fingerprint density at radius 2 is 1.59 bits per heavy atom. The van der Waals surface area contributed by atoms with Crippen LogP contribution >= 0.6 is 0 Å². The maximum atomic E-state index is 9.82. The molecule has 1 aliphatic rings. The van der Waals surface area contributed by atoms with Crippen molar-refractivity contribution in [1.29, 1.82) is 0 Å². The molecule has 0 fully saturated rings. The molecular weight excluding hydrogens is 275 g/mol. The minimum atomic E-state index is -1.56. The summed E-state index contributed by atoms with van der Waals surface area (Å²) >= 11 is 0. The Morgan fingerprint density at radius 1 is 0.909 bits per heavy atom. The van der Waals surface area contributed by atoms with Crippen molar-refractivity contribution in [1.82, 2.24) is 0 Å². The molecule has 0 aromatic heterocycles. The van der Waals surface area contributed by atoms with E-state index >= 15 is 0 Å². The SMILES string of the molecule is CCOc1cc2c3c(cccc3c1B(O)O)-c1ccccc1-2. The van der Waals surface area contributed by atoms with Gasteiger partial charge in [0.2, 0.25) is 0 Å². The van der Waals surface area contributed by atoms with Gasteiger partial charge in [-0.2, -0.15) is 0 Å².